The molecule has 1 aromatic carbocycles. The minimum absolute atomic E-state index is 0. The number of halogens is 5. The molecule has 11 heteroatoms. The van der Waals surface area contributed by atoms with Gasteiger partial charge in [0.25, 0.3) is 0 Å². The first-order valence-electron chi connectivity index (χ1n) is 9.26. The Bertz CT molecular complexity index is 785. The van der Waals surface area contributed by atoms with E-state index in [0.29, 0.717) is 0 Å². The number of ether oxygens (including phenoxy) is 1. The monoisotopic (exact) mass is 463 g/mol. The molecule has 0 saturated heterocycles. The van der Waals surface area contributed by atoms with E-state index in [1.165, 1.54) is 0 Å². The van der Waals surface area contributed by atoms with Gasteiger partial charge in [-0.25, -0.2) is 4.39 Å². The van der Waals surface area contributed by atoms with Crippen molar-refractivity contribution in [3.8, 4) is 11.5 Å². The molecule has 0 amide bonds. The van der Waals surface area contributed by atoms with Gasteiger partial charge in [0.15, 0.2) is 11.6 Å². The molecule has 1 aliphatic rings. The summed E-state index contributed by atoms with van der Waals surface area (Å²) in [6.07, 6.45) is 2.73. The highest BCUT2D eigenvalue weighted by molar-refractivity contribution is 7.88. The van der Waals surface area contributed by atoms with E-state index >= 15 is 0 Å². The highest BCUT2D eigenvalue weighted by atomic mass is 35.5. The van der Waals surface area contributed by atoms with Crippen LogP contribution in [0.1, 0.15) is 45.6 Å². The van der Waals surface area contributed by atoms with Crippen molar-refractivity contribution in [1.29, 1.82) is 0 Å². The molecule has 1 atom stereocenters. The van der Waals surface area contributed by atoms with Crippen molar-refractivity contribution < 1.29 is 34.9 Å². The molecule has 0 bridgehead atoms. The summed E-state index contributed by atoms with van der Waals surface area (Å²) in [5.41, 5.74) is -5.58. The smallest absolute Gasteiger partial charge is 0.488 e. The van der Waals surface area contributed by atoms with Crippen molar-refractivity contribution in [1.82, 2.24) is 4.90 Å². The molecule has 2 rings (SSSR count). The van der Waals surface area contributed by atoms with Crippen molar-refractivity contribution in [3.63, 3.8) is 0 Å². The summed E-state index contributed by atoms with van der Waals surface area (Å²) in [4.78, 5) is 2.19. The summed E-state index contributed by atoms with van der Waals surface area (Å²) in [5, 5.41) is 0. The fourth-order valence-corrected chi connectivity index (χ4v) is 4.03. The number of fused-ring (bicyclic) bond motifs is 1. The summed E-state index contributed by atoms with van der Waals surface area (Å²) < 4.78 is 84.9. The van der Waals surface area contributed by atoms with Crippen molar-refractivity contribution in [2.45, 2.75) is 64.0 Å². The fourth-order valence-electron chi connectivity index (χ4n) is 3.54. The Morgan fingerprint density at radius 1 is 1.24 bits per heavy atom. The van der Waals surface area contributed by atoms with Gasteiger partial charge < -0.3 is 8.92 Å². The molecular weight excluding hydrogens is 438 g/mol. The molecule has 0 unspecified atom stereocenters. The van der Waals surface area contributed by atoms with E-state index in [1.54, 1.807) is 0 Å². The van der Waals surface area contributed by atoms with Crippen LogP contribution in [-0.4, -0.2) is 44.1 Å². The van der Waals surface area contributed by atoms with E-state index in [0.717, 1.165) is 37.9 Å². The van der Waals surface area contributed by atoms with Crippen LogP contribution in [0.4, 0.5) is 17.6 Å². The zero-order valence-corrected chi connectivity index (χ0v) is 18.1. The summed E-state index contributed by atoms with van der Waals surface area (Å²) in [5.74, 6) is -1.58. The van der Waals surface area contributed by atoms with E-state index in [9.17, 15) is 26.0 Å². The second-order valence-electron chi connectivity index (χ2n) is 6.71. The molecule has 0 saturated carbocycles. The Morgan fingerprint density at radius 2 is 1.86 bits per heavy atom. The lowest BCUT2D eigenvalue weighted by atomic mass is 9.97. The number of benzene rings is 1. The van der Waals surface area contributed by atoms with Crippen LogP contribution in [0.25, 0.3) is 0 Å². The van der Waals surface area contributed by atoms with Crippen LogP contribution in [0.5, 0.6) is 11.5 Å². The van der Waals surface area contributed by atoms with E-state index in [4.69, 9.17) is 4.74 Å². The molecule has 1 aromatic rings. The van der Waals surface area contributed by atoms with Gasteiger partial charge in [-0.15, -0.1) is 12.4 Å². The quantitative estimate of drug-likeness (QED) is 0.318. The molecule has 0 N–H and O–H groups in total. The zero-order valence-electron chi connectivity index (χ0n) is 16.5. The van der Waals surface area contributed by atoms with Gasteiger partial charge in [0, 0.05) is 17.6 Å². The highest BCUT2D eigenvalue weighted by Gasteiger charge is 2.49. The molecule has 0 spiro atoms. The first kappa shape index (κ1) is 25.8. The van der Waals surface area contributed by atoms with E-state index in [1.807, 2.05) is 20.8 Å². The van der Waals surface area contributed by atoms with Gasteiger partial charge in [0.05, 0.1) is 0 Å². The predicted molar refractivity (Wildman–Crippen MR) is 104 cm³/mol. The summed E-state index contributed by atoms with van der Waals surface area (Å²) in [6.45, 7) is 6.99. The van der Waals surface area contributed by atoms with Crippen LogP contribution in [-0.2, 0) is 16.5 Å². The molecule has 1 heterocycles. The Balaban J connectivity index is 0.00000420. The van der Waals surface area contributed by atoms with Crippen LogP contribution in [0, 0.1) is 5.82 Å². The number of hydrogen-bond acceptors (Lipinski definition) is 5. The van der Waals surface area contributed by atoms with Gasteiger partial charge in [-0.1, -0.05) is 20.8 Å². The van der Waals surface area contributed by atoms with Gasteiger partial charge in [0.2, 0.25) is 0 Å². The Hall–Kier alpha value is -1.26. The normalized spacial score (nSPS) is 16.9. The van der Waals surface area contributed by atoms with Crippen molar-refractivity contribution in [3.05, 3.63) is 23.5 Å². The third kappa shape index (κ3) is 5.67. The maximum Gasteiger partial charge on any atom is 0.534 e. The van der Waals surface area contributed by atoms with E-state index in [2.05, 4.69) is 9.08 Å². The lowest BCUT2D eigenvalue weighted by Crippen LogP contribution is -2.49. The summed E-state index contributed by atoms with van der Waals surface area (Å²) >= 11 is 0. The van der Waals surface area contributed by atoms with Gasteiger partial charge in [-0.05, 0) is 44.4 Å². The molecule has 0 fully saturated rings. The predicted octanol–water partition coefficient (Wildman–Crippen LogP) is 4.68. The fraction of sp³-hybridized carbons (Fsp3) is 0.667. The van der Waals surface area contributed by atoms with Crippen molar-refractivity contribution in [2.24, 2.45) is 0 Å². The summed E-state index contributed by atoms with van der Waals surface area (Å²) in [6, 6.07) is 1.73. The lowest BCUT2D eigenvalue weighted by Gasteiger charge is -2.40. The second-order valence-corrected chi connectivity index (χ2v) is 8.25. The van der Waals surface area contributed by atoms with Crippen LogP contribution in [0.3, 0.4) is 0 Å². The molecular formula is C18H26ClF4NO4S. The molecule has 29 heavy (non-hydrogen) atoms. The van der Waals surface area contributed by atoms with Crippen LogP contribution < -0.4 is 8.92 Å². The van der Waals surface area contributed by atoms with Crippen LogP contribution >= 0.6 is 12.4 Å². The molecule has 0 aromatic heterocycles. The van der Waals surface area contributed by atoms with E-state index < -0.39 is 27.2 Å². The Morgan fingerprint density at radius 3 is 2.38 bits per heavy atom. The van der Waals surface area contributed by atoms with Gasteiger partial charge in [-0.3, -0.25) is 4.90 Å². The second kappa shape index (κ2) is 10.2. The Labute approximate surface area is 174 Å². The lowest BCUT2D eigenvalue weighted by molar-refractivity contribution is -0.0500. The first-order valence-corrected chi connectivity index (χ1v) is 10.7. The molecule has 5 nitrogen and oxygen atoms in total. The number of alkyl halides is 3. The third-order valence-electron chi connectivity index (χ3n) is 4.87. The third-order valence-corrected chi connectivity index (χ3v) is 5.84. The standard InChI is InChI=1S/C18H25F4NO4S.ClH/c1-4-9-23(12(5-2)6-3)13-10-14-16(27-28(24,25)18(20,21)22)8-7-15(19)17(14)26-11-13;/h7-8,12-13H,4-6,9-11H2,1-3H3;1H/t13-;/m1./s1. The SMILES string of the molecule is CCCN(C(CC)CC)[C@H]1COc2c(F)ccc(OS(=O)(=O)C(F)(F)F)c2C1.Cl. The maximum atomic E-state index is 14.1. The largest absolute Gasteiger partial charge is 0.534 e. The first-order chi connectivity index (χ1) is 13.1. The average Bonchev–Trinajstić information content (AvgIpc) is 2.63. The molecule has 1 aliphatic heterocycles. The summed E-state index contributed by atoms with van der Waals surface area (Å²) in [7, 11) is -5.86. The topological polar surface area (TPSA) is 55.8 Å². The zero-order chi connectivity index (χ0) is 21.1. The van der Waals surface area contributed by atoms with Crippen molar-refractivity contribution >= 4 is 22.5 Å². The molecule has 0 aliphatic carbocycles. The van der Waals surface area contributed by atoms with Crippen molar-refractivity contribution in [2.75, 3.05) is 13.2 Å². The highest BCUT2D eigenvalue weighted by Crippen LogP contribution is 2.39. The van der Waals surface area contributed by atoms with Gasteiger partial charge >= 0.3 is 15.6 Å². The molecule has 0 radical (unpaired) electrons. The van der Waals surface area contributed by atoms with Crippen LogP contribution in [0.2, 0.25) is 0 Å². The Kier molecular flexibility index (Phi) is 9.04. The van der Waals surface area contributed by atoms with Crippen LogP contribution in [0.15, 0.2) is 12.1 Å². The number of hydrogen-bond donors (Lipinski definition) is 0. The van der Waals surface area contributed by atoms with Gasteiger partial charge in [-0.2, -0.15) is 21.6 Å². The maximum absolute atomic E-state index is 14.1. The number of rotatable bonds is 8. The van der Waals surface area contributed by atoms with Gasteiger partial charge in [0.1, 0.15) is 12.4 Å². The molecule has 168 valence electrons. The average molecular weight is 464 g/mol. The minimum atomic E-state index is -5.86. The number of nitrogens with zero attached hydrogens (tertiary/aromatic N) is 1. The minimum Gasteiger partial charge on any atom is -0.488 e. The van der Waals surface area contributed by atoms with E-state index in [-0.39, 0.29) is 48.8 Å².